The second-order valence-electron chi connectivity index (χ2n) is 3.82. The van der Waals surface area contributed by atoms with Crippen LogP contribution in [0.5, 0.6) is 5.75 Å². The van der Waals surface area contributed by atoms with Crippen LogP contribution in [0.15, 0.2) is 42.5 Å². The van der Waals surface area contributed by atoms with E-state index < -0.39 is 5.97 Å². The highest BCUT2D eigenvalue weighted by Crippen LogP contribution is 2.34. The topological polar surface area (TPSA) is 57.5 Å². The van der Waals surface area contributed by atoms with Crippen molar-refractivity contribution in [1.29, 1.82) is 0 Å². The second kappa shape index (κ2) is 4.29. The number of carbonyl (C=O) groups is 1. The third kappa shape index (κ3) is 1.99. The van der Waals surface area contributed by atoms with Crippen LogP contribution in [-0.2, 0) is 0 Å². The minimum atomic E-state index is -0.997. The van der Waals surface area contributed by atoms with Crippen molar-refractivity contribution in [3.8, 4) is 16.9 Å². The van der Waals surface area contributed by atoms with Crippen molar-refractivity contribution in [2.75, 3.05) is 0 Å². The summed E-state index contributed by atoms with van der Waals surface area (Å²) in [5.41, 5.74) is 2.15. The van der Waals surface area contributed by atoms with Crippen LogP contribution in [0.3, 0.4) is 0 Å². The van der Waals surface area contributed by atoms with Crippen molar-refractivity contribution in [3.05, 3.63) is 53.6 Å². The van der Waals surface area contributed by atoms with Gasteiger partial charge in [0.05, 0.1) is 5.56 Å². The van der Waals surface area contributed by atoms with Crippen molar-refractivity contribution in [3.63, 3.8) is 0 Å². The monoisotopic (exact) mass is 228 g/mol. The average molecular weight is 228 g/mol. The fourth-order valence-corrected chi connectivity index (χ4v) is 1.89. The Labute approximate surface area is 99.0 Å². The van der Waals surface area contributed by atoms with E-state index in [1.807, 2.05) is 13.0 Å². The molecule has 0 amide bonds. The van der Waals surface area contributed by atoms with Crippen LogP contribution >= 0.6 is 0 Å². The largest absolute Gasteiger partial charge is 0.507 e. The van der Waals surface area contributed by atoms with E-state index in [9.17, 15) is 9.90 Å². The summed E-state index contributed by atoms with van der Waals surface area (Å²) in [6.45, 7) is 1.84. The zero-order valence-corrected chi connectivity index (χ0v) is 9.34. The smallest absolute Gasteiger partial charge is 0.336 e. The molecule has 0 atom stereocenters. The molecule has 2 aromatic rings. The molecule has 2 aromatic carbocycles. The van der Waals surface area contributed by atoms with Crippen molar-refractivity contribution < 1.29 is 15.0 Å². The van der Waals surface area contributed by atoms with Crippen LogP contribution in [0.4, 0.5) is 0 Å². The molecule has 2 N–H and O–H groups in total. The number of phenolic OH excluding ortho intramolecular Hbond substituents is 1. The Kier molecular flexibility index (Phi) is 2.83. The van der Waals surface area contributed by atoms with E-state index in [-0.39, 0.29) is 11.3 Å². The Morgan fingerprint density at radius 3 is 2.41 bits per heavy atom. The highest BCUT2D eigenvalue weighted by atomic mass is 16.4. The number of hydrogen-bond acceptors (Lipinski definition) is 2. The lowest BCUT2D eigenvalue weighted by atomic mass is 9.95. The molecule has 17 heavy (non-hydrogen) atoms. The third-order valence-corrected chi connectivity index (χ3v) is 2.68. The van der Waals surface area contributed by atoms with E-state index in [0.717, 1.165) is 5.56 Å². The lowest BCUT2D eigenvalue weighted by Crippen LogP contribution is -1.99. The molecular formula is C14H12O3. The molecule has 3 nitrogen and oxygen atoms in total. The number of benzene rings is 2. The van der Waals surface area contributed by atoms with Gasteiger partial charge in [-0.25, -0.2) is 4.79 Å². The fraction of sp³-hybridized carbons (Fsp3) is 0.0714. The van der Waals surface area contributed by atoms with Gasteiger partial charge in [0, 0.05) is 11.1 Å². The van der Waals surface area contributed by atoms with Gasteiger partial charge in [0.15, 0.2) is 0 Å². The van der Waals surface area contributed by atoms with Gasteiger partial charge in [-0.05, 0) is 24.6 Å². The molecule has 0 aliphatic rings. The van der Waals surface area contributed by atoms with E-state index in [0.29, 0.717) is 11.1 Å². The van der Waals surface area contributed by atoms with Gasteiger partial charge < -0.3 is 10.2 Å². The lowest BCUT2D eigenvalue weighted by Gasteiger charge is -2.10. The van der Waals surface area contributed by atoms with Gasteiger partial charge in [0.25, 0.3) is 0 Å². The maximum Gasteiger partial charge on any atom is 0.336 e. The molecule has 0 spiro atoms. The summed E-state index contributed by atoms with van der Waals surface area (Å²) in [5, 5.41) is 19.0. The summed E-state index contributed by atoms with van der Waals surface area (Å²) in [5.74, 6) is -0.901. The van der Waals surface area contributed by atoms with Crippen LogP contribution in [-0.4, -0.2) is 16.2 Å². The number of rotatable bonds is 2. The molecule has 0 heterocycles. The second-order valence-corrected chi connectivity index (χ2v) is 3.82. The molecule has 0 fully saturated rings. The van der Waals surface area contributed by atoms with E-state index in [1.165, 1.54) is 6.07 Å². The molecule has 0 unspecified atom stereocenters. The third-order valence-electron chi connectivity index (χ3n) is 2.68. The summed E-state index contributed by atoms with van der Waals surface area (Å²) in [6.07, 6.45) is 0. The number of aryl methyl sites for hydroxylation is 1. The summed E-state index contributed by atoms with van der Waals surface area (Å²) >= 11 is 0. The van der Waals surface area contributed by atoms with Crippen LogP contribution in [0, 0.1) is 6.92 Å². The fourth-order valence-electron chi connectivity index (χ4n) is 1.89. The van der Waals surface area contributed by atoms with Crippen LogP contribution in [0.1, 0.15) is 15.9 Å². The molecule has 86 valence electrons. The Morgan fingerprint density at radius 1 is 1.06 bits per heavy atom. The Bertz CT molecular complexity index is 553. The van der Waals surface area contributed by atoms with E-state index in [1.54, 1.807) is 30.3 Å². The standard InChI is InChI=1S/C14H12O3/c1-9-5-4-8-12(15)13(9)10-6-2-3-7-11(10)14(16)17/h2-8,15H,1H3,(H,16,17). The van der Waals surface area contributed by atoms with Gasteiger partial charge in [0.2, 0.25) is 0 Å². The van der Waals surface area contributed by atoms with Crippen molar-refractivity contribution >= 4 is 5.97 Å². The maximum absolute atomic E-state index is 11.1. The van der Waals surface area contributed by atoms with Crippen molar-refractivity contribution in [2.24, 2.45) is 0 Å². The number of aromatic hydroxyl groups is 1. The van der Waals surface area contributed by atoms with E-state index >= 15 is 0 Å². The van der Waals surface area contributed by atoms with Gasteiger partial charge in [-0.3, -0.25) is 0 Å². The first-order chi connectivity index (χ1) is 8.11. The minimum absolute atomic E-state index is 0.0960. The normalized spacial score (nSPS) is 10.2. The molecule has 0 saturated heterocycles. The molecule has 0 saturated carbocycles. The van der Waals surface area contributed by atoms with Crippen LogP contribution in [0.25, 0.3) is 11.1 Å². The highest BCUT2D eigenvalue weighted by Gasteiger charge is 2.15. The van der Waals surface area contributed by atoms with E-state index in [4.69, 9.17) is 5.11 Å². The number of carboxylic acid groups (broad SMARTS) is 1. The van der Waals surface area contributed by atoms with Gasteiger partial charge in [0.1, 0.15) is 5.75 Å². The van der Waals surface area contributed by atoms with Crippen LogP contribution in [0.2, 0.25) is 0 Å². The minimum Gasteiger partial charge on any atom is -0.507 e. The Morgan fingerprint density at radius 2 is 1.76 bits per heavy atom. The molecule has 0 aliphatic carbocycles. The average Bonchev–Trinajstić information content (AvgIpc) is 2.29. The first-order valence-corrected chi connectivity index (χ1v) is 5.22. The molecule has 3 heteroatoms. The summed E-state index contributed by atoms with van der Waals surface area (Å²) in [7, 11) is 0. The van der Waals surface area contributed by atoms with Crippen molar-refractivity contribution in [2.45, 2.75) is 6.92 Å². The maximum atomic E-state index is 11.1. The first kappa shape index (κ1) is 11.2. The SMILES string of the molecule is Cc1cccc(O)c1-c1ccccc1C(=O)O. The zero-order valence-electron chi connectivity index (χ0n) is 9.34. The summed E-state index contributed by atoms with van der Waals surface area (Å²) < 4.78 is 0. The molecule has 0 bridgehead atoms. The molecule has 0 aliphatic heterocycles. The Hall–Kier alpha value is -2.29. The number of hydrogen-bond donors (Lipinski definition) is 2. The predicted molar refractivity (Wildman–Crippen MR) is 65.2 cm³/mol. The van der Waals surface area contributed by atoms with Crippen LogP contribution < -0.4 is 0 Å². The molecule has 0 radical (unpaired) electrons. The van der Waals surface area contributed by atoms with E-state index in [2.05, 4.69) is 0 Å². The van der Waals surface area contributed by atoms with Gasteiger partial charge in [-0.2, -0.15) is 0 Å². The predicted octanol–water partition coefficient (Wildman–Crippen LogP) is 3.07. The summed E-state index contributed by atoms with van der Waals surface area (Å²) in [6, 6.07) is 11.8. The Balaban J connectivity index is 2.73. The zero-order chi connectivity index (χ0) is 12.4. The summed E-state index contributed by atoms with van der Waals surface area (Å²) in [4.78, 5) is 11.1. The van der Waals surface area contributed by atoms with Gasteiger partial charge in [-0.15, -0.1) is 0 Å². The first-order valence-electron chi connectivity index (χ1n) is 5.22. The lowest BCUT2D eigenvalue weighted by molar-refractivity contribution is 0.0698. The highest BCUT2D eigenvalue weighted by molar-refractivity contribution is 5.97. The van der Waals surface area contributed by atoms with Gasteiger partial charge in [-0.1, -0.05) is 30.3 Å². The number of carboxylic acids is 1. The number of phenols is 1. The molecule has 0 aromatic heterocycles. The molecular weight excluding hydrogens is 216 g/mol. The number of aromatic carboxylic acids is 1. The molecule has 2 rings (SSSR count). The quantitative estimate of drug-likeness (QED) is 0.830. The van der Waals surface area contributed by atoms with Crippen molar-refractivity contribution in [1.82, 2.24) is 0 Å². The van der Waals surface area contributed by atoms with Gasteiger partial charge >= 0.3 is 5.97 Å².